The number of hydrogen-bond acceptors (Lipinski definition) is 1. The largest absolute Gasteiger partial charge is 0.389 e. The fourth-order valence-corrected chi connectivity index (χ4v) is 1.51. The molecule has 0 aromatic heterocycles. The molecule has 1 nitrogen and oxygen atoms in total. The molecule has 1 atom stereocenters. The lowest BCUT2D eigenvalue weighted by Gasteiger charge is -2.15. The molecule has 0 aliphatic rings. The molecule has 1 aromatic carbocycles. The summed E-state index contributed by atoms with van der Waals surface area (Å²) in [5.74, 6) is -1.90. The van der Waals surface area contributed by atoms with E-state index in [1.165, 1.54) is 6.07 Å². The normalized spacial score (nSPS) is 13.7. The van der Waals surface area contributed by atoms with Gasteiger partial charge in [-0.3, -0.25) is 0 Å². The van der Waals surface area contributed by atoms with Crippen LogP contribution in [0.1, 0.15) is 31.4 Å². The number of halogens is 5. The first-order valence-corrected chi connectivity index (χ1v) is 5.54. The van der Waals surface area contributed by atoms with Crippen molar-refractivity contribution in [2.24, 2.45) is 0 Å². The van der Waals surface area contributed by atoms with Crippen LogP contribution in [-0.4, -0.2) is 12.7 Å². The highest BCUT2D eigenvalue weighted by Gasteiger charge is 2.25. The maximum atomic E-state index is 12.9. The van der Waals surface area contributed by atoms with Crippen molar-refractivity contribution in [3.63, 3.8) is 0 Å². The zero-order chi connectivity index (χ0) is 13.8. The summed E-state index contributed by atoms with van der Waals surface area (Å²) in [6.45, 7) is 1.85. The van der Waals surface area contributed by atoms with E-state index in [1.807, 2.05) is 0 Å². The summed E-state index contributed by atoms with van der Waals surface area (Å²) in [6.07, 6.45) is -5.06. The molecule has 6 heteroatoms. The van der Waals surface area contributed by atoms with Gasteiger partial charge >= 0.3 is 6.18 Å². The van der Waals surface area contributed by atoms with Gasteiger partial charge in [0.05, 0.1) is 0 Å². The minimum Gasteiger partial charge on any atom is -0.310 e. The fraction of sp³-hybridized carbons (Fsp3) is 0.500. The third kappa shape index (κ3) is 5.00. The highest BCUT2D eigenvalue weighted by Crippen LogP contribution is 2.21. The summed E-state index contributed by atoms with van der Waals surface area (Å²) in [7, 11) is 0. The van der Waals surface area contributed by atoms with Crippen molar-refractivity contribution in [1.29, 1.82) is 0 Å². The SMILES string of the molecule is CC(NCCCC(F)(F)F)c1ccc(F)c(F)c1. The van der Waals surface area contributed by atoms with Crippen LogP contribution in [0.2, 0.25) is 0 Å². The van der Waals surface area contributed by atoms with Gasteiger partial charge in [-0.2, -0.15) is 13.2 Å². The van der Waals surface area contributed by atoms with E-state index in [0.29, 0.717) is 5.56 Å². The first-order valence-electron chi connectivity index (χ1n) is 5.54. The smallest absolute Gasteiger partial charge is 0.310 e. The van der Waals surface area contributed by atoms with Crippen LogP contribution in [0.5, 0.6) is 0 Å². The van der Waals surface area contributed by atoms with Crippen LogP contribution in [0.3, 0.4) is 0 Å². The molecule has 18 heavy (non-hydrogen) atoms. The summed E-state index contributed by atoms with van der Waals surface area (Å²) >= 11 is 0. The van der Waals surface area contributed by atoms with Gasteiger partial charge in [0.2, 0.25) is 0 Å². The Labute approximate surface area is 102 Å². The van der Waals surface area contributed by atoms with Gasteiger partial charge in [0.15, 0.2) is 11.6 Å². The Kier molecular flexibility index (Phi) is 5.07. The summed E-state index contributed by atoms with van der Waals surface area (Å²) in [5, 5.41) is 2.83. The fourth-order valence-electron chi connectivity index (χ4n) is 1.51. The molecule has 0 aliphatic carbocycles. The molecule has 0 saturated heterocycles. The lowest BCUT2D eigenvalue weighted by molar-refractivity contribution is -0.135. The summed E-state index contributed by atoms with van der Waals surface area (Å²) < 4.78 is 61.3. The second kappa shape index (κ2) is 6.13. The van der Waals surface area contributed by atoms with E-state index in [2.05, 4.69) is 5.32 Å². The maximum Gasteiger partial charge on any atom is 0.389 e. The predicted molar refractivity (Wildman–Crippen MR) is 58.1 cm³/mol. The average Bonchev–Trinajstić information content (AvgIpc) is 2.26. The minimum atomic E-state index is -4.16. The third-order valence-corrected chi connectivity index (χ3v) is 2.53. The molecule has 0 bridgehead atoms. The molecule has 0 spiro atoms. The molecule has 0 heterocycles. The van der Waals surface area contributed by atoms with Gasteiger partial charge in [-0.15, -0.1) is 0 Å². The summed E-state index contributed by atoms with van der Waals surface area (Å²) in [6, 6.07) is 3.11. The number of hydrogen-bond donors (Lipinski definition) is 1. The Morgan fingerprint density at radius 1 is 1.17 bits per heavy atom. The Morgan fingerprint density at radius 3 is 2.39 bits per heavy atom. The third-order valence-electron chi connectivity index (χ3n) is 2.53. The molecule has 1 N–H and O–H groups in total. The van der Waals surface area contributed by atoms with Gasteiger partial charge in [-0.1, -0.05) is 6.07 Å². The molecular formula is C12H14F5N. The van der Waals surface area contributed by atoms with E-state index >= 15 is 0 Å². The summed E-state index contributed by atoms with van der Waals surface area (Å²) in [5.41, 5.74) is 0.501. The maximum absolute atomic E-state index is 12.9. The lowest BCUT2D eigenvalue weighted by Crippen LogP contribution is -2.21. The molecule has 0 radical (unpaired) electrons. The number of rotatable bonds is 5. The summed E-state index contributed by atoms with van der Waals surface area (Å²) in [4.78, 5) is 0. The minimum absolute atomic E-state index is 0.0441. The topological polar surface area (TPSA) is 12.0 Å². The van der Waals surface area contributed by atoms with E-state index in [1.54, 1.807) is 6.92 Å². The van der Waals surface area contributed by atoms with Crippen molar-refractivity contribution in [2.45, 2.75) is 32.0 Å². The van der Waals surface area contributed by atoms with E-state index in [-0.39, 0.29) is 19.0 Å². The molecular weight excluding hydrogens is 253 g/mol. The van der Waals surface area contributed by atoms with E-state index in [4.69, 9.17) is 0 Å². The highest BCUT2D eigenvalue weighted by molar-refractivity contribution is 5.20. The molecule has 0 fully saturated rings. The average molecular weight is 267 g/mol. The van der Waals surface area contributed by atoms with Crippen molar-refractivity contribution in [1.82, 2.24) is 5.32 Å². The number of alkyl halides is 3. The molecule has 0 aliphatic heterocycles. The van der Waals surface area contributed by atoms with Crippen LogP contribution in [0.4, 0.5) is 22.0 Å². The van der Waals surface area contributed by atoms with E-state index in [0.717, 1.165) is 12.1 Å². The Hall–Kier alpha value is -1.17. The van der Waals surface area contributed by atoms with Gasteiger partial charge in [0.1, 0.15) is 0 Å². The molecule has 1 unspecified atom stereocenters. The van der Waals surface area contributed by atoms with Crippen LogP contribution < -0.4 is 5.32 Å². The highest BCUT2D eigenvalue weighted by atomic mass is 19.4. The van der Waals surface area contributed by atoms with Gasteiger partial charge in [-0.25, -0.2) is 8.78 Å². The van der Waals surface area contributed by atoms with Crippen molar-refractivity contribution in [2.75, 3.05) is 6.54 Å². The van der Waals surface area contributed by atoms with Gasteiger partial charge in [0.25, 0.3) is 0 Å². The quantitative estimate of drug-likeness (QED) is 0.629. The lowest BCUT2D eigenvalue weighted by atomic mass is 10.1. The molecule has 0 saturated carbocycles. The second-order valence-corrected chi connectivity index (χ2v) is 4.07. The molecule has 1 aromatic rings. The van der Waals surface area contributed by atoms with Crippen LogP contribution in [0.25, 0.3) is 0 Å². The first-order chi connectivity index (χ1) is 8.29. The molecule has 1 rings (SSSR count). The Bertz CT molecular complexity index is 389. The monoisotopic (exact) mass is 267 g/mol. The molecule has 102 valence electrons. The van der Waals surface area contributed by atoms with Crippen LogP contribution in [0.15, 0.2) is 18.2 Å². The molecule has 0 amide bonds. The predicted octanol–water partition coefficient (Wildman–Crippen LogP) is 3.96. The second-order valence-electron chi connectivity index (χ2n) is 4.07. The van der Waals surface area contributed by atoms with Crippen LogP contribution in [0, 0.1) is 11.6 Å². The van der Waals surface area contributed by atoms with Crippen molar-refractivity contribution >= 4 is 0 Å². The standard InChI is InChI=1S/C12H14F5N/c1-8(18-6-2-5-12(15,16)17)9-3-4-10(13)11(14)7-9/h3-4,7-8,18H,2,5-6H2,1H3. The zero-order valence-corrected chi connectivity index (χ0v) is 9.82. The van der Waals surface area contributed by atoms with Gasteiger partial charge in [0, 0.05) is 12.5 Å². The van der Waals surface area contributed by atoms with Crippen LogP contribution >= 0.6 is 0 Å². The first kappa shape index (κ1) is 14.9. The Morgan fingerprint density at radius 2 is 1.83 bits per heavy atom. The van der Waals surface area contributed by atoms with Crippen molar-refractivity contribution < 1.29 is 22.0 Å². The Balaban J connectivity index is 2.41. The zero-order valence-electron chi connectivity index (χ0n) is 9.82. The number of nitrogens with one attached hydrogen (secondary N) is 1. The van der Waals surface area contributed by atoms with Crippen LogP contribution in [-0.2, 0) is 0 Å². The van der Waals surface area contributed by atoms with E-state index < -0.39 is 24.2 Å². The number of benzene rings is 1. The van der Waals surface area contributed by atoms with E-state index in [9.17, 15) is 22.0 Å². The van der Waals surface area contributed by atoms with Crippen molar-refractivity contribution in [3.8, 4) is 0 Å². The van der Waals surface area contributed by atoms with Crippen molar-refractivity contribution in [3.05, 3.63) is 35.4 Å². The van der Waals surface area contributed by atoms with Gasteiger partial charge in [-0.05, 0) is 37.6 Å². The van der Waals surface area contributed by atoms with Gasteiger partial charge < -0.3 is 5.32 Å².